The molecule has 0 saturated heterocycles. The maximum absolute atomic E-state index is 10.8. The molecule has 2 rings (SSSR count). The Morgan fingerprint density at radius 1 is 1.40 bits per heavy atom. The molecule has 3 N–H and O–H groups in total. The summed E-state index contributed by atoms with van der Waals surface area (Å²) in [5.74, 6) is 5.44. The molecular formula is C12H11ClN4O3. The van der Waals surface area contributed by atoms with Gasteiger partial charge in [0.2, 0.25) is 5.88 Å². The zero-order valence-electron chi connectivity index (χ0n) is 10.2. The highest BCUT2D eigenvalue weighted by Gasteiger charge is 2.12. The summed E-state index contributed by atoms with van der Waals surface area (Å²) >= 11 is 5.99. The number of nitrogens with zero attached hydrogens (tertiary/aromatic N) is 2. The topological polar surface area (TPSA) is 103 Å². The smallest absolute Gasteiger partial charge is 0.278 e. The van der Waals surface area contributed by atoms with Crippen molar-refractivity contribution in [2.75, 3.05) is 5.43 Å². The maximum atomic E-state index is 10.8. The third kappa shape index (κ3) is 3.34. The monoisotopic (exact) mass is 294 g/mol. The highest BCUT2D eigenvalue weighted by atomic mass is 35.5. The second-order valence-electron chi connectivity index (χ2n) is 3.83. The third-order valence-corrected chi connectivity index (χ3v) is 2.85. The van der Waals surface area contributed by atoms with Gasteiger partial charge in [0.25, 0.3) is 5.69 Å². The standard InChI is InChI=1S/C12H11ClN4O3/c13-10-4-2-1-3-8(10)7-20-12-6-9(17(18)19)5-11(15-12)16-14/h1-6H,7,14H2,(H,15,16). The van der Waals surface area contributed by atoms with Gasteiger partial charge in [-0.05, 0) is 6.07 Å². The number of hydrazine groups is 1. The van der Waals surface area contributed by atoms with Crippen LogP contribution in [0.3, 0.4) is 0 Å². The van der Waals surface area contributed by atoms with E-state index in [4.69, 9.17) is 22.2 Å². The Morgan fingerprint density at radius 3 is 2.80 bits per heavy atom. The molecule has 0 atom stereocenters. The molecule has 1 aromatic heterocycles. The van der Waals surface area contributed by atoms with Crippen molar-refractivity contribution in [2.24, 2.45) is 5.84 Å². The number of nitrogen functional groups attached to an aromatic ring is 1. The number of hydrogen-bond acceptors (Lipinski definition) is 6. The lowest BCUT2D eigenvalue weighted by Crippen LogP contribution is -2.10. The van der Waals surface area contributed by atoms with E-state index in [1.165, 1.54) is 12.1 Å². The molecule has 8 heteroatoms. The number of nitrogens with two attached hydrogens (primary N) is 1. The fraction of sp³-hybridized carbons (Fsp3) is 0.0833. The molecule has 104 valence electrons. The molecule has 20 heavy (non-hydrogen) atoms. The number of anilines is 1. The van der Waals surface area contributed by atoms with Crippen molar-refractivity contribution in [3.8, 4) is 5.88 Å². The second-order valence-corrected chi connectivity index (χ2v) is 4.24. The van der Waals surface area contributed by atoms with Crippen molar-refractivity contribution in [1.82, 2.24) is 4.98 Å². The number of ether oxygens (including phenoxy) is 1. The van der Waals surface area contributed by atoms with Crippen LogP contribution in [0.5, 0.6) is 5.88 Å². The minimum atomic E-state index is -0.551. The first-order valence-corrected chi connectivity index (χ1v) is 5.97. The summed E-state index contributed by atoms with van der Waals surface area (Å²) in [6, 6.07) is 9.57. The van der Waals surface area contributed by atoms with Crippen LogP contribution in [0.15, 0.2) is 36.4 Å². The van der Waals surface area contributed by atoms with Gasteiger partial charge in [-0.25, -0.2) is 5.84 Å². The molecule has 0 aliphatic rings. The van der Waals surface area contributed by atoms with Crippen molar-refractivity contribution >= 4 is 23.1 Å². The minimum absolute atomic E-state index is 0.0899. The summed E-state index contributed by atoms with van der Waals surface area (Å²) in [6.07, 6.45) is 0. The van der Waals surface area contributed by atoms with E-state index in [1.807, 2.05) is 6.07 Å². The Morgan fingerprint density at radius 2 is 2.15 bits per heavy atom. The summed E-state index contributed by atoms with van der Waals surface area (Å²) in [5.41, 5.74) is 2.84. The van der Waals surface area contributed by atoms with Crippen molar-refractivity contribution in [3.05, 3.63) is 57.1 Å². The van der Waals surface area contributed by atoms with Gasteiger partial charge in [-0.1, -0.05) is 29.8 Å². The van der Waals surface area contributed by atoms with Gasteiger partial charge in [-0.15, -0.1) is 0 Å². The number of pyridine rings is 1. The lowest BCUT2D eigenvalue weighted by atomic mass is 10.2. The van der Waals surface area contributed by atoms with Gasteiger partial charge in [0, 0.05) is 10.6 Å². The molecule has 1 heterocycles. The molecule has 0 spiro atoms. The zero-order chi connectivity index (χ0) is 14.5. The highest BCUT2D eigenvalue weighted by Crippen LogP contribution is 2.23. The number of hydrogen-bond donors (Lipinski definition) is 2. The lowest BCUT2D eigenvalue weighted by molar-refractivity contribution is -0.384. The number of aromatic nitrogens is 1. The first-order valence-electron chi connectivity index (χ1n) is 5.59. The van der Waals surface area contributed by atoms with Crippen molar-refractivity contribution in [2.45, 2.75) is 6.61 Å². The molecule has 7 nitrogen and oxygen atoms in total. The number of nitro groups is 1. The highest BCUT2D eigenvalue weighted by molar-refractivity contribution is 6.31. The summed E-state index contributed by atoms with van der Waals surface area (Å²) in [4.78, 5) is 14.2. The maximum Gasteiger partial charge on any atom is 0.278 e. The number of nitrogens with one attached hydrogen (secondary N) is 1. The van der Waals surface area contributed by atoms with Crippen LogP contribution in [0.2, 0.25) is 5.02 Å². The van der Waals surface area contributed by atoms with E-state index in [2.05, 4.69) is 10.4 Å². The van der Waals surface area contributed by atoms with Crippen LogP contribution in [0.25, 0.3) is 0 Å². The number of halogens is 1. The molecule has 0 amide bonds. The van der Waals surface area contributed by atoms with Crippen LogP contribution in [-0.4, -0.2) is 9.91 Å². The van der Waals surface area contributed by atoms with Gasteiger partial charge in [-0.3, -0.25) is 10.1 Å². The molecular weight excluding hydrogens is 284 g/mol. The molecule has 0 aliphatic carbocycles. The molecule has 0 radical (unpaired) electrons. The first kappa shape index (κ1) is 14.0. The number of benzene rings is 1. The first-order chi connectivity index (χ1) is 9.60. The van der Waals surface area contributed by atoms with Crippen LogP contribution in [0.4, 0.5) is 11.5 Å². The summed E-state index contributed by atoms with van der Waals surface area (Å²) in [6.45, 7) is 0.151. The number of rotatable bonds is 5. The van der Waals surface area contributed by atoms with Crippen LogP contribution >= 0.6 is 11.6 Å². The van der Waals surface area contributed by atoms with Gasteiger partial charge in [0.1, 0.15) is 6.61 Å². The Balaban J connectivity index is 2.19. The van der Waals surface area contributed by atoms with Gasteiger partial charge in [0.15, 0.2) is 5.82 Å². The van der Waals surface area contributed by atoms with Crippen molar-refractivity contribution in [1.29, 1.82) is 0 Å². The van der Waals surface area contributed by atoms with Gasteiger partial charge < -0.3 is 10.2 Å². The SMILES string of the molecule is NNc1cc([N+](=O)[O-])cc(OCc2ccccc2Cl)n1. The van der Waals surface area contributed by atoms with Crippen LogP contribution < -0.4 is 16.0 Å². The second kappa shape index (κ2) is 6.18. The Kier molecular flexibility index (Phi) is 4.34. The largest absolute Gasteiger partial charge is 0.473 e. The van der Waals surface area contributed by atoms with E-state index in [1.54, 1.807) is 18.2 Å². The van der Waals surface area contributed by atoms with E-state index in [0.29, 0.717) is 5.02 Å². The molecule has 0 fully saturated rings. The average Bonchev–Trinajstić information content (AvgIpc) is 2.46. The molecule has 0 aliphatic heterocycles. The molecule has 0 unspecified atom stereocenters. The fourth-order valence-electron chi connectivity index (χ4n) is 1.51. The Labute approximate surface area is 119 Å². The van der Waals surface area contributed by atoms with Gasteiger partial charge >= 0.3 is 0 Å². The summed E-state index contributed by atoms with van der Waals surface area (Å²) in [7, 11) is 0. The van der Waals surface area contributed by atoms with Crippen LogP contribution in [0, 0.1) is 10.1 Å². The third-order valence-electron chi connectivity index (χ3n) is 2.48. The van der Waals surface area contributed by atoms with Crippen LogP contribution in [0.1, 0.15) is 5.56 Å². The predicted molar refractivity (Wildman–Crippen MR) is 74.5 cm³/mol. The van der Waals surface area contributed by atoms with E-state index in [-0.39, 0.29) is 24.0 Å². The van der Waals surface area contributed by atoms with Crippen molar-refractivity contribution in [3.63, 3.8) is 0 Å². The lowest BCUT2D eigenvalue weighted by Gasteiger charge is -2.08. The van der Waals surface area contributed by atoms with Gasteiger partial charge in [0.05, 0.1) is 17.1 Å². The van der Waals surface area contributed by atoms with Crippen molar-refractivity contribution < 1.29 is 9.66 Å². The minimum Gasteiger partial charge on any atom is -0.473 e. The van der Waals surface area contributed by atoms with Gasteiger partial charge in [-0.2, -0.15) is 4.98 Å². The summed E-state index contributed by atoms with van der Waals surface area (Å²) in [5, 5.41) is 11.3. The Hall–Kier alpha value is -2.38. The molecule has 0 bridgehead atoms. The normalized spacial score (nSPS) is 10.1. The van der Waals surface area contributed by atoms with E-state index >= 15 is 0 Å². The Bertz CT molecular complexity index is 636. The summed E-state index contributed by atoms with van der Waals surface area (Å²) < 4.78 is 5.41. The molecule has 0 saturated carbocycles. The predicted octanol–water partition coefficient (Wildman–Crippen LogP) is 2.51. The van der Waals surface area contributed by atoms with Crippen LogP contribution in [-0.2, 0) is 6.61 Å². The average molecular weight is 295 g/mol. The van der Waals surface area contributed by atoms with E-state index in [9.17, 15) is 10.1 Å². The molecule has 1 aromatic carbocycles. The van der Waals surface area contributed by atoms with E-state index < -0.39 is 4.92 Å². The fourth-order valence-corrected chi connectivity index (χ4v) is 1.70. The quantitative estimate of drug-likeness (QED) is 0.499. The van der Waals surface area contributed by atoms with E-state index in [0.717, 1.165) is 5.56 Å². The zero-order valence-corrected chi connectivity index (χ0v) is 11.0. The molecule has 2 aromatic rings.